The molecule has 1 atom stereocenters. The average Bonchev–Trinajstić information content (AvgIpc) is 2.39. The third-order valence-electron chi connectivity index (χ3n) is 3.29. The topological polar surface area (TPSA) is 24.5 Å². The summed E-state index contributed by atoms with van der Waals surface area (Å²) in [7, 11) is 1.74. The highest BCUT2D eigenvalue weighted by Crippen LogP contribution is 2.28. The Morgan fingerprint density at radius 2 is 1.94 bits per heavy atom. The first-order valence-electron chi connectivity index (χ1n) is 5.90. The first kappa shape index (κ1) is 11.4. The largest absolute Gasteiger partial charge is 0.496 e. The molecule has 0 radical (unpaired) electrons. The predicted octanol–water partition coefficient (Wildman–Crippen LogP) is 1.66. The minimum atomic E-state index is 0.429. The summed E-state index contributed by atoms with van der Waals surface area (Å²) in [5.74, 6) is 0.994. The van der Waals surface area contributed by atoms with Crippen LogP contribution in [0.1, 0.15) is 18.5 Å². The van der Waals surface area contributed by atoms with Crippen molar-refractivity contribution >= 4 is 0 Å². The van der Waals surface area contributed by atoms with Crippen molar-refractivity contribution in [1.82, 2.24) is 10.2 Å². The monoisotopic (exact) mass is 220 g/mol. The van der Waals surface area contributed by atoms with Crippen LogP contribution in [0.15, 0.2) is 24.3 Å². The van der Waals surface area contributed by atoms with Crippen molar-refractivity contribution in [2.45, 2.75) is 13.0 Å². The van der Waals surface area contributed by atoms with Crippen LogP contribution in [0, 0.1) is 0 Å². The zero-order valence-corrected chi connectivity index (χ0v) is 10.1. The number of nitrogens with zero attached hydrogens (tertiary/aromatic N) is 1. The van der Waals surface area contributed by atoms with Crippen molar-refractivity contribution < 1.29 is 4.74 Å². The molecule has 2 rings (SSSR count). The van der Waals surface area contributed by atoms with Gasteiger partial charge in [-0.15, -0.1) is 0 Å². The Hall–Kier alpha value is -1.06. The highest BCUT2D eigenvalue weighted by atomic mass is 16.5. The highest BCUT2D eigenvalue weighted by molar-refractivity contribution is 5.35. The molecule has 0 spiro atoms. The van der Waals surface area contributed by atoms with Crippen LogP contribution in [-0.4, -0.2) is 38.2 Å². The van der Waals surface area contributed by atoms with Crippen molar-refractivity contribution in [3.05, 3.63) is 29.8 Å². The van der Waals surface area contributed by atoms with Gasteiger partial charge in [-0.2, -0.15) is 0 Å². The number of piperazine rings is 1. The second-order valence-electron chi connectivity index (χ2n) is 4.20. The van der Waals surface area contributed by atoms with E-state index >= 15 is 0 Å². The second-order valence-corrected chi connectivity index (χ2v) is 4.20. The molecule has 88 valence electrons. The third-order valence-corrected chi connectivity index (χ3v) is 3.29. The van der Waals surface area contributed by atoms with Gasteiger partial charge in [0.15, 0.2) is 0 Å². The zero-order valence-electron chi connectivity index (χ0n) is 10.1. The maximum atomic E-state index is 5.41. The van der Waals surface area contributed by atoms with Crippen molar-refractivity contribution in [3.63, 3.8) is 0 Å². The summed E-state index contributed by atoms with van der Waals surface area (Å²) in [6, 6.07) is 8.72. The molecule has 1 saturated heterocycles. The summed E-state index contributed by atoms with van der Waals surface area (Å²) in [6.45, 7) is 6.64. The lowest BCUT2D eigenvalue weighted by atomic mass is 10.1. The predicted molar refractivity (Wildman–Crippen MR) is 65.9 cm³/mol. The quantitative estimate of drug-likeness (QED) is 0.838. The van der Waals surface area contributed by atoms with Gasteiger partial charge in [-0.05, 0) is 13.0 Å². The molecular formula is C13H20N2O. The maximum Gasteiger partial charge on any atom is 0.123 e. The lowest BCUT2D eigenvalue weighted by Crippen LogP contribution is -2.44. The summed E-state index contributed by atoms with van der Waals surface area (Å²) in [5, 5.41) is 3.38. The summed E-state index contributed by atoms with van der Waals surface area (Å²) in [5.41, 5.74) is 1.28. The van der Waals surface area contributed by atoms with E-state index in [0.29, 0.717) is 6.04 Å². The number of hydrogen-bond donors (Lipinski definition) is 1. The molecule has 3 heteroatoms. The van der Waals surface area contributed by atoms with Gasteiger partial charge in [0, 0.05) is 37.8 Å². The van der Waals surface area contributed by atoms with Crippen molar-refractivity contribution in [3.8, 4) is 5.75 Å². The van der Waals surface area contributed by atoms with Crippen LogP contribution < -0.4 is 10.1 Å². The third kappa shape index (κ3) is 2.36. The molecule has 1 aromatic rings. The first-order chi connectivity index (χ1) is 7.83. The molecule has 0 saturated carbocycles. The smallest absolute Gasteiger partial charge is 0.123 e. The van der Waals surface area contributed by atoms with Gasteiger partial charge in [0.1, 0.15) is 5.75 Å². The van der Waals surface area contributed by atoms with Crippen LogP contribution in [0.3, 0.4) is 0 Å². The molecule has 0 aromatic heterocycles. The van der Waals surface area contributed by atoms with Crippen LogP contribution >= 0.6 is 0 Å². The molecule has 1 N–H and O–H groups in total. The molecule has 0 aliphatic carbocycles. The number of ether oxygens (including phenoxy) is 1. The van der Waals surface area contributed by atoms with Crippen molar-refractivity contribution in [2.75, 3.05) is 33.3 Å². The SMILES string of the molecule is COc1ccccc1[C@H](C)N1CCNCC1. The van der Waals surface area contributed by atoms with Gasteiger partial charge < -0.3 is 10.1 Å². The molecule has 1 aliphatic heterocycles. The van der Waals surface area contributed by atoms with E-state index in [4.69, 9.17) is 4.74 Å². The summed E-state index contributed by atoms with van der Waals surface area (Å²) in [4.78, 5) is 2.49. The number of nitrogens with one attached hydrogen (secondary N) is 1. The Morgan fingerprint density at radius 3 is 2.62 bits per heavy atom. The zero-order chi connectivity index (χ0) is 11.4. The molecular weight excluding hydrogens is 200 g/mol. The molecule has 1 aromatic carbocycles. The number of benzene rings is 1. The Bertz CT molecular complexity index is 334. The molecule has 16 heavy (non-hydrogen) atoms. The van der Waals surface area contributed by atoms with Gasteiger partial charge in [0.2, 0.25) is 0 Å². The van der Waals surface area contributed by atoms with Gasteiger partial charge in [0.05, 0.1) is 7.11 Å². The highest BCUT2D eigenvalue weighted by Gasteiger charge is 2.20. The van der Waals surface area contributed by atoms with E-state index in [-0.39, 0.29) is 0 Å². The van der Waals surface area contributed by atoms with E-state index in [2.05, 4.69) is 29.3 Å². The fourth-order valence-corrected chi connectivity index (χ4v) is 2.28. The molecule has 1 heterocycles. The van der Waals surface area contributed by atoms with E-state index < -0.39 is 0 Å². The van der Waals surface area contributed by atoms with Gasteiger partial charge in [-0.1, -0.05) is 18.2 Å². The van der Waals surface area contributed by atoms with Crippen LogP contribution in [-0.2, 0) is 0 Å². The molecule has 1 fully saturated rings. The van der Waals surface area contributed by atoms with E-state index in [9.17, 15) is 0 Å². The lowest BCUT2D eigenvalue weighted by Gasteiger charge is -2.33. The fourth-order valence-electron chi connectivity index (χ4n) is 2.28. The fraction of sp³-hybridized carbons (Fsp3) is 0.538. The summed E-state index contributed by atoms with van der Waals surface area (Å²) in [6.07, 6.45) is 0. The van der Waals surface area contributed by atoms with E-state index in [1.807, 2.05) is 12.1 Å². The van der Waals surface area contributed by atoms with Crippen molar-refractivity contribution in [1.29, 1.82) is 0 Å². The minimum absolute atomic E-state index is 0.429. The molecule has 0 bridgehead atoms. The number of rotatable bonds is 3. The van der Waals surface area contributed by atoms with E-state index in [1.54, 1.807) is 7.11 Å². The number of methoxy groups -OCH3 is 1. The Morgan fingerprint density at radius 1 is 1.25 bits per heavy atom. The van der Waals surface area contributed by atoms with Crippen molar-refractivity contribution in [2.24, 2.45) is 0 Å². The van der Waals surface area contributed by atoms with Gasteiger partial charge >= 0.3 is 0 Å². The summed E-state index contributed by atoms with van der Waals surface area (Å²) < 4.78 is 5.41. The maximum absolute atomic E-state index is 5.41. The van der Waals surface area contributed by atoms with Gasteiger partial charge in [-0.3, -0.25) is 4.90 Å². The lowest BCUT2D eigenvalue weighted by molar-refractivity contribution is 0.182. The van der Waals surface area contributed by atoms with Gasteiger partial charge in [0.25, 0.3) is 0 Å². The van der Waals surface area contributed by atoms with Crippen LogP contribution in [0.2, 0.25) is 0 Å². The summed E-state index contributed by atoms with van der Waals surface area (Å²) >= 11 is 0. The molecule has 0 amide bonds. The Balaban J connectivity index is 2.15. The molecule has 0 unspecified atom stereocenters. The number of para-hydroxylation sites is 1. The Labute approximate surface area is 97.4 Å². The van der Waals surface area contributed by atoms with Crippen LogP contribution in [0.25, 0.3) is 0 Å². The average molecular weight is 220 g/mol. The van der Waals surface area contributed by atoms with Crippen LogP contribution in [0.4, 0.5) is 0 Å². The molecule has 3 nitrogen and oxygen atoms in total. The van der Waals surface area contributed by atoms with E-state index in [1.165, 1.54) is 5.56 Å². The normalized spacial score (nSPS) is 19.4. The first-order valence-corrected chi connectivity index (χ1v) is 5.90. The number of hydrogen-bond acceptors (Lipinski definition) is 3. The Kier molecular flexibility index (Phi) is 3.80. The minimum Gasteiger partial charge on any atom is -0.496 e. The van der Waals surface area contributed by atoms with Crippen LogP contribution in [0.5, 0.6) is 5.75 Å². The standard InChI is InChI=1S/C13H20N2O/c1-11(15-9-7-14-8-10-15)12-5-3-4-6-13(12)16-2/h3-6,11,14H,7-10H2,1-2H3/t11-/m0/s1. The molecule has 1 aliphatic rings. The van der Waals surface area contributed by atoms with E-state index in [0.717, 1.165) is 31.9 Å². The second kappa shape index (κ2) is 5.32. The van der Waals surface area contributed by atoms with Gasteiger partial charge in [-0.25, -0.2) is 0 Å².